The number of aliphatic hydroxyl groups excluding tert-OH is 1. The fraction of sp³-hybridized carbons (Fsp3) is 0.588. The third kappa shape index (κ3) is 10.9. The Bertz CT molecular complexity index is 492. The Morgan fingerprint density at radius 2 is 2.00 bits per heavy atom. The maximum atomic E-state index is 10.2. The third-order valence-corrected chi connectivity index (χ3v) is 3.56. The molecule has 8 heteroatoms. The van der Waals surface area contributed by atoms with E-state index in [1.807, 2.05) is 19.1 Å². The predicted octanol–water partition coefficient (Wildman–Crippen LogP) is 2.60. The van der Waals surface area contributed by atoms with Gasteiger partial charge in [0.05, 0.1) is 19.8 Å². The SMILES string of the molecule is CCNC(=NCC(O)c1ccccc1Cl)NCCCOCCOC.I. The number of nitrogens with one attached hydrogen (secondary N) is 2. The van der Waals surface area contributed by atoms with E-state index < -0.39 is 6.10 Å². The number of guanidine groups is 1. The molecule has 0 aliphatic heterocycles. The summed E-state index contributed by atoms with van der Waals surface area (Å²) in [4.78, 5) is 4.40. The number of halogens is 2. The van der Waals surface area contributed by atoms with Gasteiger partial charge in [0.1, 0.15) is 6.10 Å². The number of hydrogen-bond donors (Lipinski definition) is 3. The van der Waals surface area contributed by atoms with E-state index >= 15 is 0 Å². The maximum absolute atomic E-state index is 10.2. The van der Waals surface area contributed by atoms with Gasteiger partial charge < -0.3 is 25.2 Å². The van der Waals surface area contributed by atoms with Crippen LogP contribution in [0.1, 0.15) is 25.0 Å². The predicted molar refractivity (Wildman–Crippen MR) is 113 cm³/mol. The van der Waals surface area contributed by atoms with Gasteiger partial charge in [0.15, 0.2) is 5.96 Å². The molecule has 0 aromatic heterocycles. The van der Waals surface area contributed by atoms with Crippen molar-refractivity contribution in [3.05, 3.63) is 34.9 Å². The van der Waals surface area contributed by atoms with Crippen molar-refractivity contribution in [3.8, 4) is 0 Å². The van der Waals surface area contributed by atoms with Crippen molar-refractivity contribution in [2.24, 2.45) is 4.99 Å². The zero-order valence-corrected chi connectivity index (χ0v) is 17.9. The van der Waals surface area contributed by atoms with Crippen molar-refractivity contribution in [2.45, 2.75) is 19.4 Å². The summed E-state index contributed by atoms with van der Waals surface area (Å²) >= 11 is 6.09. The number of hydrogen-bond acceptors (Lipinski definition) is 4. The van der Waals surface area contributed by atoms with E-state index in [0.717, 1.165) is 19.5 Å². The van der Waals surface area contributed by atoms with Crippen LogP contribution in [0.4, 0.5) is 0 Å². The van der Waals surface area contributed by atoms with Crippen molar-refractivity contribution in [2.75, 3.05) is 46.6 Å². The molecule has 1 unspecified atom stereocenters. The molecule has 0 amide bonds. The minimum absolute atomic E-state index is 0. The standard InChI is InChI=1S/C17H28ClN3O3.HI/c1-3-19-17(20-9-6-10-24-12-11-23-2)21-13-16(22)14-7-4-5-8-15(14)18;/h4-5,7-8,16,22H,3,6,9-13H2,1-2H3,(H2,19,20,21);1H. The quantitative estimate of drug-likeness (QED) is 0.194. The lowest BCUT2D eigenvalue weighted by Crippen LogP contribution is -2.38. The zero-order chi connectivity index (χ0) is 17.6. The lowest BCUT2D eigenvalue weighted by atomic mass is 10.1. The van der Waals surface area contributed by atoms with Gasteiger partial charge in [-0.2, -0.15) is 0 Å². The summed E-state index contributed by atoms with van der Waals surface area (Å²) < 4.78 is 10.3. The van der Waals surface area contributed by atoms with Crippen LogP contribution >= 0.6 is 35.6 Å². The second-order valence-electron chi connectivity index (χ2n) is 5.14. The van der Waals surface area contributed by atoms with Crippen molar-refractivity contribution in [1.82, 2.24) is 10.6 Å². The summed E-state index contributed by atoms with van der Waals surface area (Å²) in [5, 5.41) is 17.1. The topological polar surface area (TPSA) is 75.1 Å². The molecule has 0 aliphatic rings. The van der Waals surface area contributed by atoms with Crippen LogP contribution in [0.3, 0.4) is 0 Å². The Hall–Kier alpha value is -0.610. The number of ether oxygens (including phenoxy) is 2. The van der Waals surface area contributed by atoms with E-state index in [4.69, 9.17) is 21.1 Å². The average molecular weight is 486 g/mol. The minimum atomic E-state index is -0.730. The largest absolute Gasteiger partial charge is 0.386 e. The number of methoxy groups -OCH3 is 1. The first-order valence-electron chi connectivity index (χ1n) is 8.20. The summed E-state index contributed by atoms with van der Waals surface area (Å²) in [6, 6.07) is 7.25. The molecule has 6 nitrogen and oxygen atoms in total. The molecule has 0 heterocycles. The van der Waals surface area contributed by atoms with Crippen LogP contribution in [0.2, 0.25) is 5.02 Å². The van der Waals surface area contributed by atoms with Crippen LogP contribution in [-0.4, -0.2) is 57.6 Å². The van der Waals surface area contributed by atoms with Gasteiger partial charge in [-0.15, -0.1) is 24.0 Å². The summed E-state index contributed by atoms with van der Waals surface area (Å²) in [6.07, 6.45) is 0.132. The number of benzene rings is 1. The summed E-state index contributed by atoms with van der Waals surface area (Å²) in [5.41, 5.74) is 0.685. The highest BCUT2D eigenvalue weighted by Crippen LogP contribution is 2.22. The number of rotatable bonds is 11. The fourth-order valence-corrected chi connectivity index (χ4v) is 2.25. The molecule has 3 N–H and O–H groups in total. The van der Waals surface area contributed by atoms with Gasteiger partial charge in [-0.1, -0.05) is 29.8 Å². The molecule has 1 rings (SSSR count). The number of aliphatic hydroxyl groups is 1. The molecule has 0 fully saturated rings. The first-order valence-corrected chi connectivity index (χ1v) is 8.58. The van der Waals surface area contributed by atoms with Gasteiger partial charge in [-0.25, -0.2) is 0 Å². The van der Waals surface area contributed by atoms with Crippen LogP contribution in [0.5, 0.6) is 0 Å². The summed E-state index contributed by atoms with van der Waals surface area (Å²) in [7, 11) is 1.65. The molecule has 0 spiro atoms. The van der Waals surface area contributed by atoms with Gasteiger partial charge in [-0.05, 0) is 19.4 Å². The van der Waals surface area contributed by atoms with Crippen molar-refractivity contribution < 1.29 is 14.6 Å². The van der Waals surface area contributed by atoms with Crippen LogP contribution in [-0.2, 0) is 9.47 Å². The molecule has 25 heavy (non-hydrogen) atoms. The van der Waals surface area contributed by atoms with Crippen molar-refractivity contribution in [3.63, 3.8) is 0 Å². The summed E-state index contributed by atoms with van der Waals surface area (Å²) in [6.45, 7) is 5.60. The molecular formula is C17H29ClIN3O3. The van der Waals surface area contributed by atoms with Crippen molar-refractivity contribution in [1.29, 1.82) is 0 Å². The van der Waals surface area contributed by atoms with E-state index in [-0.39, 0.29) is 30.5 Å². The smallest absolute Gasteiger partial charge is 0.191 e. The Kier molecular flexibility index (Phi) is 15.2. The third-order valence-electron chi connectivity index (χ3n) is 3.22. The van der Waals surface area contributed by atoms with Crippen LogP contribution < -0.4 is 10.6 Å². The van der Waals surface area contributed by atoms with Gasteiger partial charge in [0, 0.05) is 37.4 Å². The molecule has 144 valence electrons. The monoisotopic (exact) mass is 485 g/mol. The van der Waals surface area contributed by atoms with Gasteiger partial charge in [0.25, 0.3) is 0 Å². The fourth-order valence-electron chi connectivity index (χ4n) is 1.99. The number of aliphatic imine (C=N–C) groups is 1. The Morgan fingerprint density at radius 1 is 1.24 bits per heavy atom. The molecule has 0 saturated heterocycles. The van der Waals surface area contributed by atoms with Gasteiger partial charge >= 0.3 is 0 Å². The van der Waals surface area contributed by atoms with Gasteiger partial charge in [-0.3, -0.25) is 4.99 Å². The Balaban J connectivity index is 0.00000576. The highest BCUT2D eigenvalue weighted by molar-refractivity contribution is 14.0. The van der Waals surface area contributed by atoms with E-state index in [0.29, 0.717) is 36.4 Å². The van der Waals surface area contributed by atoms with E-state index in [1.165, 1.54) is 0 Å². The molecule has 1 aromatic rings. The van der Waals surface area contributed by atoms with Crippen LogP contribution in [0.15, 0.2) is 29.3 Å². The van der Waals surface area contributed by atoms with Crippen molar-refractivity contribution >= 4 is 41.5 Å². The van der Waals surface area contributed by atoms with E-state index in [9.17, 15) is 5.11 Å². The average Bonchev–Trinajstić information content (AvgIpc) is 2.59. The van der Waals surface area contributed by atoms with Crippen LogP contribution in [0.25, 0.3) is 0 Å². The Labute approximate surface area is 172 Å². The minimum Gasteiger partial charge on any atom is -0.386 e. The summed E-state index contributed by atoms with van der Waals surface area (Å²) in [5.74, 6) is 0.667. The second-order valence-corrected chi connectivity index (χ2v) is 5.55. The lowest BCUT2D eigenvalue weighted by Gasteiger charge is -2.14. The molecule has 0 radical (unpaired) electrons. The molecular weight excluding hydrogens is 457 g/mol. The van der Waals surface area contributed by atoms with Crippen LogP contribution in [0, 0.1) is 0 Å². The molecule has 0 bridgehead atoms. The lowest BCUT2D eigenvalue weighted by molar-refractivity contribution is 0.0698. The first kappa shape index (κ1) is 24.4. The van der Waals surface area contributed by atoms with Gasteiger partial charge in [0.2, 0.25) is 0 Å². The first-order chi connectivity index (χ1) is 11.7. The highest BCUT2D eigenvalue weighted by Gasteiger charge is 2.10. The zero-order valence-electron chi connectivity index (χ0n) is 14.8. The highest BCUT2D eigenvalue weighted by atomic mass is 127. The molecule has 0 aliphatic carbocycles. The number of nitrogens with zero attached hydrogens (tertiary/aromatic N) is 1. The van der Waals surface area contributed by atoms with E-state index in [1.54, 1.807) is 19.2 Å². The molecule has 1 aromatic carbocycles. The maximum Gasteiger partial charge on any atom is 0.191 e. The molecule has 0 saturated carbocycles. The van der Waals surface area contributed by atoms with E-state index in [2.05, 4.69) is 15.6 Å². The Morgan fingerprint density at radius 3 is 2.68 bits per heavy atom. The molecule has 1 atom stereocenters. The second kappa shape index (κ2) is 15.6. The normalized spacial score (nSPS) is 12.4.